The second kappa shape index (κ2) is 4.13. The van der Waals surface area contributed by atoms with Gasteiger partial charge in [0.1, 0.15) is 0 Å². The van der Waals surface area contributed by atoms with E-state index in [-0.39, 0.29) is 0 Å². The van der Waals surface area contributed by atoms with Crippen molar-refractivity contribution in [3.8, 4) is 0 Å². The van der Waals surface area contributed by atoms with Gasteiger partial charge in [0.25, 0.3) is 0 Å². The number of rotatable bonds is 2. The van der Waals surface area contributed by atoms with Crippen LogP contribution in [-0.4, -0.2) is 4.21 Å². The second-order valence-electron chi connectivity index (χ2n) is 3.30. The maximum absolute atomic E-state index is 12.0. The van der Waals surface area contributed by atoms with Crippen LogP contribution in [0.15, 0.2) is 46.5 Å². The molecule has 1 aliphatic rings. The van der Waals surface area contributed by atoms with Gasteiger partial charge in [-0.3, -0.25) is 0 Å². The Balaban J connectivity index is 2.19. The summed E-state index contributed by atoms with van der Waals surface area (Å²) in [6.45, 7) is 0. The van der Waals surface area contributed by atoms with E-state index in [1.165, 1.54) is 4.88 Å². The quantitative estimate of drug-likeness (QED) is 0.802. The number of hydrogen-bond acceptors (Lipinski definition) is 3. The molecule has 0 N–H and O–H groups in total. The van der Waals surface area contributed by atoms with Crippen molar-refractivity contribution in [2.45, 2.75) is 0 Å². The molecule has 4 heteroatoms. The fraction of sp³-hybridized carbons (Fsp3) is 0. The summed E-state index contributed by atoms with van der Waals surface area (Å²) in [5, 5.41) is 5.83. The average molecular weight is 264 g/mol. The van der Waals surface area contributed by atoms with E-state index in [2.05, 4.69) is 6.07 Å². The highest BCUT2D eigenvalue weighted by molar-refractivity contribution is 7.98. The lowest BCUT2D eigenvalue weighted by Gasteiger charge is -2.01. The summed E-state index contributed by atoms with van der Waals surface area (Å²) >= 11 is 3.32. The normalized spacial score (nSPS) is 19.6. The zero-order valence-corrected chi connectivity index (χ0v) is 10.7. The first-order chi connectivity index (χ1) is 7.86. The number of hydrogen-bond donors (Lipinski definition) is 0. The smallest absolute Gasteiger partial charge is 0.0797 e. The molecular formula is C12H8OS3. The van der Waals surface area contributed by atoms with Gasteiger partial charge in [0.15, 0.2) is 0 Å². The average Bonchev–Trinajstić information content (AvgIpc) is 2.96. The van der Waals surface area contributed by atoms with E-state index in [4.69, 9.17) is 0 Å². The van der Waals surface area contributed by atoms with E-state index >= 15 is 0 Å². The van der Waals surface area contributed by atoms with Gasteiger partial charge in [-0.2, -0.15) is 0 Å². The van der Waals surface area contributed by atoms with Crippen LogP contribution in [-0.2, 0) is 10.8 Å². The first-order valence-electron chi connectivity index (χ1n) is 4.77. The van der Waals surface area contributed by atoms with Crippen molar-refractivity contribution in [1.29, 1.82) is 0 Å². The van der Waals surface area contributed by atoms with Gasteiger partial charge in [-0.15, -0.1) is 22.7 Å². The lowest BCUT2D eigenvalue weighted by molar-refractivity contribution is 0.694. The van der Waals surface area contributed by atoms with Gasteiger partial charge >= 0.3 is 0 Å². The summed E-state index contributed by atoms with van der Waals surface area (Å²) in [7, 11) is -0.989. The third kappa shape index (κ3) is 1.63. The Labute approximate surface area is 104 Å². The molecule has 1 unspecified atom stereocenters. The van der Waals surface area contributed by atoms with Crippen LogP contribution in [0.1, 0.15) is 9.75 Å². The summed E-state index contributed by atoms with van der Waals surface area (Å²) in [5.74, 6) is 0. The second-order valence-corrected chi connectivity index (χ2v) is 6.47. The molecule has 0 spiro atoms. The Morgan fingerprint density at radius 1 is 1.00 bits per heavy atom. The molecule has 0 bridgehead atoms. The molecule has 3 rings (SSSR count). The number of allylic oxidation sites excluding steroid dienone is 2. The van der Waals surface area contributed by atoms with Crippen molar-refractivity contribution < 1.29 is 4.21 Å². The molecule has 2 aromatic rings. The van der Waals surface area contributed by atoms with Crippen LogP contribution in [0.2, 0.25) is 0 Å². The molecule has 2 aromatic heterocycles. The summed E-state index contributed by atoms with van der Waals surface area (Å²) < 4.78 is 12.0. The monoisotopic (exact) mass is 264 g/mol. The van der Waals surface area contributed by atoms with Crippen LogP contribution in [0.3, 0.4) is 0 Å². The zero-order chi connectivity index (χ0) is 11.0. The minimum Gasteiger partial charge on any atom is -0.250 e. The van der Waals surface area contributed by atoms with Crippen LogP contribution in [0.4, 0.5) is 0 Å². The Bertz CT molecular complexity index is 538. The third-order valence-electron chi connectivity index (χ3n) is 2.34. The Kier molecular flexibility index (Phi) is 2.63. The maximum Gasteiger partial charge on any atom is 0.0797 e. The molecule has 1 atom stereocenters. The van der Waals surface area contributed by atoms with Crippen LogP contribution in [0.5, 0.6) is 0 Å². The minimum atomic E-state index is -0.989. The fourth-order valence-corrected chi connectivity index (χ4v) is 4.60. The van der Waals surface area contributed by atoms with Crippen LogP contribution in [0.25, 0.3) is 10.5 Å². The molecule has 0 fully saturated rings. The molecule has 0 aromatic carbocycles. The predicted octanol–water partition coefficient (Wildman–Crippen LogP) is 3.95. The molecule has 3 heterocycles. The highest BCUT2D eigenvalue weighted by atomic mass is 32.2. The van der Waals surface area contributed by atoms with E-state index in [9.17, 15) is 4.21 Å². The summed E-state index contributed by atoms with van der Waals surface area (Å²) in [4.78, 5) is 3.25. The summed E-state index contributed by atoms with van der Waals surface area (Å²) in [6, 6.07) is 8.11. The van der Waals surface area contributed by atoms with Crippen molar-refractivity contribution in [2.75, 3.05) is 0 Å². The van der Waals surface area contributed by atoms with E-state index in [1.807, 2.05) is 35.0 Å². The molecule has 0 amide bonds. The van der Waals surface area contributed by atoms with Crippen molar-refractivity contribution in [1.82, 2.24) is 0 Å². The van der Waals surface area contributed by atoms with Gasteiger partial charge in [-0.05, 0) is 29.0 Å². The summed E-state index contributed by atoms with van der Waals surface area (Å²) in [5.41, 5.74) is 1.11. The van der Waals surface area contributed by atoms with Gasteiger partial charge in [0, 0.05) is 20.7 Å². The van der Waals surface area contributed by atoms with Crippen LogP contribution >= 0.6 is 22.7 Å². The van der Waals surface area contributed by atoms with Gasteiger partial charge in [0.05, 0.1) is 15.7 Å². The van der Waals surface area contributed by atoms with Crippen LogP contribution < -0.4 is 0 Å². The first kappa shape index (κ1) is 10.2. The van der Waals surface area contributed by atoms with E-state index in [0.29, 0.717) is 0 Å². The van der Waals surface area contributed by atoms with Crippen molar-refractivity contribution >= 4 is 44.0 Å². The summed E-state index contributed by atoms with van der Waals surface area (Å²) in [6.07, 6.45) is 1.97. The largest absolute Gasteiger partial charge is 0.250 e. The SMILES string of the molecule is O=S1C=CC(c2cccs2)=C1c1cccs1. The fourth-order valence-electron chi connectivity index (χ4n) is 1.65. The number of thiophene rings is 2. The highest BCUT2D eigenvalue weighted by Crippen LogP contribution is 2.38. The van der Waals surface area contributed by atoms with Gasteiger partial charge in [0.2, 0.25) is 0 Å². The van der Waals surface area contributed by atoms with Gasteiger partial charge in [-0.25, -0.2) is 4.21 Å². The topological polar surface area (TPSA) is 17.1 Å². The standard InChI is InChI=1S/C12H8OS3/c13-16-8-5-9(10-3-1-6-14-10)12(16)11-4-2-7-15-11/h1-8H. The Morgan fingerprint density at radius 3 is 2.31 bits per heavy atom. The minimum absolute atomic E-state index is 0.956. The van der Waals surface area contributed by atoms with Gasteiger partial charge in [-0.1, -0.05) is 12.1 Å². The molecule has 1 nitrogen and oxygen atoms in total. The lowest BCUT2D eigenvalue weighted by Crippen LogP contribution is -1.86. The molecule has 0 saturated heterocycles. The maximum atomic E-state index is 12.0. The zero-order valence-electron chi connectivity index (χ0n) is 8.25. The molecule has 1 aliphatic heterocycles. The Hall–Kier alpha value is -0.970. The molecule has 0 radical (unpaired) electrons. The molecule has 16 heavy (non-hydrogen) atoms. The van der Waals surface area contributed by atoms with Crippen LogP contribution in [0, 0.1) is 0 Å². The lowest BCUT2D eigenvalue weighted by atomic mass is 10.2. The Morgan fingerprint density at radius 2 is 1.69 bits per heavy atom. The molecular weight excluding hydrogens is 256 g/mol. The highest BCUT2D eigenvalue weighted by Gasteiger charge is 2.20. The van der Waals surface area contributed by atoms with E-state index < -0.39 is 10.8 Å². The van der Waals surface area contributed by atoms with E-state index in [1.54, 1.807) is 28.1 Å². The van der Waals surface area contributed by atoms with Crippen molar-refractivity contribution in [3.63, 3.8) is 0 Å². The predicted molar refractivity (Wildman–Crippen MR) is 72.7 cm³/mol. The molecule has 0 saturated carbocycles. The molecule has 80 valence electrons. The first-order valence-corrected chi connectivity index (χ1v) is 7.74. The molecule has 0 aliphatic carbocycles. The van der Waals surface area contributed by atoms with Crippen molar-refractivity contribution in [2.24, 2.45) is 0 Å². The van der Waals surface area contributed by atoms with E-state index in [0.717, 1.165) is 15.4 Å². The van der Waals surface area contributed by atoms with Crippen molar-refractivity contribution in [3.05, 3.63) is 56.3 Å². The van der Waals surface area contributed by atoms with Gasteiger partial charge < -0.3 is 0 Å². The third-order valence-corrected chi connectivity index (χ3v) is 5.48.